The molecule has 0 saturated carbocycles. The summed E-state index contributed by atoms with van der Waals surface area (Å²) in [5.74, 6) is 0. The van der Waals surface area contributed by atoms with E-state index >= 15 is 0 Å². The van der Waals surface area contributed by atoms with Gasteiger partial charge in [-0.3, -0.25) is 19.9 Å². The van der Waals surface area contributed by atoms with Crippen LogP contribution in [0.3, 0.4) is 0 Å². The summed E-state index contributed by atoms with van der Waals surface area (Å²) < 4.78 is 0. The molecule has 0 bridgehead atoms. The number of non-ortho nitro benzene ring substituents is 1. The minimum absolute atomic E-state index is 0.0219. The maximum atomic E-state index is 11.4. The third kappa shape index (κ3) is 1.41. The van der Waals surface area contributed by atoms with Crippen LogP contribution in [-0.2, 0) is 0 Å². The number of benzene rings is 1. The standard InChI is InChI=1S/C8H6N4O4/c9-3-1-4-6(5(2-3)12(15)16)10-8(14)11-7(4)13/h1-2H,9H2,(H2,10,11,13,14). The number of nitrogens with zero attached hydrogens (tertiary/aromatic N) is 1. The van der Waals surface area contributed by atoms with E-state index in [-0.39, 0.29) is 16.6 Å². The Hall–Kier alpha value is -2.64. The first kappa shape index (κ1) is 9.90. The van der Waals surface area contributed by atoms with Crippen LogP contribution in [0, 0.1) is 10.1 Å². The Morgan fingerprint density at radius 3 is 2.56 bits per heavy atom. The highest BCUT2D eigenvalue weighted by Gasteiger charge is 2.15. The molecule has 0 amide bonds. The van der Waals surface area contributed by atoms with Crippen LogP contribution in [0.4, 0.5) is 11.4 Å². The molecule has 0 saturated heterocycles. The molecular weight excluding hydrogens is 216 g/mol. The molecule has 1 heterocycles. The Balaban J connectivity index is 3.07. The van der Waals surface area contributed by atoms with Crippen molar-refractivity contribution in [2.45, 2.75) is 0 Å². The molecule has 0 aliphatic carbocycles. The predicted octanol–water partition coefficient (Wildman–Crippen LogP) is -0.293. The zero-order chi connectivity index (χ0) is 11.9. The molecule has 0 fully saturated rings. The van der Waals surface area contributed by atoms with Crippen molar-refractivity contribution in [1.29, 1.82) is 0 Å². The summed E-state index contributed by atoms with van der Waals surface area (Å²) in [6.45, 7) is 0. The lowest BCUT2D eigenvalue weighted by Crippen LogP contribution is -2.22. The molecular formula is C8H6N4O4. The van der Waals surface area contributed by atoms with Gasteiger partial charge in [0.05, 0.1) is 10.3 Å². The molecule has 0 radical (unpaired) electrons. The van der Waals surface area contributed by atoms with E-state index in [4.69, 9.17) is 5.73 Å². The van der Waals surface area contributed by atoms with E-state index in [9.17, 15) is 19.7 Å². The zero-order valence-corrected chi connectivity index (χ0v) is 7.81. The van der Waals surface area contributed by atoms with Gasteiger partial charge in [-0.15, -0.1) is 0 Å². The summed E-state index contributed by atoms with van der Waals surface area (Å²) in [5.41, 5.74) is 3.45. The molecule has 8 heteroatoms. The highest BCUT2D eigenvalue weighted by atomic mass is 16.6. The maximum absolute atomic E-state index is 11.4. The number of hydrogen-bond acceptors (Lipinski definition) is 5. The zero-order valence-electron chi connectivity index (χ0n) is 7.81. The normalized spacial score (nSPS) is 10.5. The summed E-state index contributed by atoms with van der Waals surface area (Å²) >= 11 is 0. The van der Waals surface area contributed by atoms with Gasteiger partial charge < -0.3 is 10.7 Å². The molecule has 1 aromatic heterocycles. The van der Waals surface area contributed by atoms with E-state index in [1.165, 1.54) is 6.07 Å². The van der Waals surface area contributed by atoms with Gasteiger partial charge in [0.1, 0.15) is 5.52 Å². The lowest BCUT2D eigenvalue weighted by molar-refractivity contribution is -0.383. The number of hydrogen-bond donors (Lipinski definition) is 3. The van der Waals surface area contributed by atoms with E-state index in [1.54, 1.807) is 0 Å². The highest BCUT2D eigenvalue weighted by Crippen LogP contribution is 2.23. The second kappa shape index (κ2) is 3.19. The fraction of sp³-hybridized carbons (Fsp3) is 0. The molecule has 0 aliphatic rings. The monoisotopic (exact) mass is 222 g/mol. The summed E-state index contributed by atoms with van der Waals surface area (Å²) in [6, 6.07) is 2.34. The lowest BCUT2D eigenvalue weighted by Gasteiger charge is -1.99. The van der Waals surface area contributed by atoms with Gasteiger partial charge in [0.25, 0.3) is 11.2 Å². The van der Waals surface area contributed by atoms with Crippen LogP contribution in [0.25, 0.3) is 10.9 Å². The average molecular weight is 222 g/mol. The van der Waals surface area contributed by atoms with Crippen molar-refractivity contribution >= 4 is 22.3 Å². The van der Waals surface area contributed by atoms with Crippen LogP contribution < -0.4 is 17.0 Å². The number of aromatic amines is 2. The largest absolute Gasteiger partial charge is 0.399 e. The first-order valence-electron chi connectivity index (χ1n) is 4.19. The third-order valence-corrected chi connectivity index (χ3v) is 2.05. The lowest BCUT2D eigenvalue weighted by atomic mass is 10.2. The van der Waals surface area contributed by atoms with Gasteiger partial charge in [-0.05, 0) is 6.07 Å². The minimum Gasteiger partial charge on any atom is -0.399 e. The summed E-state index contributed by atoms with van der Waals surface area (Å²) in [7, 11) is 0. The number of nitrogens with one attached hydrogen (secondary N) is 2. The molecule has 2 rings (SSSR count). The van der Waals surface area contributed by atoms with Gasteiger partial charge in [-0.2, -0.15) is 0 Å². The van der Waals surface area contributed by atoms with Crippen molar-refractivity contribution in [2.75, 3.05) is 5.73 Å². The van der Waals surface area contributed by atoms with Crippen LogP contribution in [0.1, 0.15) is 0 Å². The van der Waals surface area contributed by atoms with E-state index in [0.29, 0.717) is 0 Å². The smallest absolute Gasteiger partial charge is 0.326 e. The van der Waals surface area contributed by atoms with E-state index in [0.717, 1.165) is 6.07 Å². The number of aromatic nitrogens is 2. The number of nitrogen functional groups attached to an aromatic ring is 1. The first-order chi connectivity index (χ1) is 7.49. The second-order valence-corrected chi connectivity index (χ2v) is 3.13. The number of nitro benzene ring substituents is 1. The van der Waals surface area contributed by atoms with Crippen molar-refractivity contribution in [1.82, 2.24) is 9.97 Å². The molecule has 0 atom stereocenters. The SMILES string of the molecule is Nc1cc([N+](=O)[O-])c2[nH]c(=O)[nH]c(=O)c2c1. The Kier molecular flexibility index (Phi) is 1.97. The summed E-state index contributed by atoms with van der Waals surface area (Å²) in [5, 5.41) is 10.7. The average Bonchev–Trinajstić information content (AvgIpc) is 2.18. The van der Waals surface area contributed by atoms with Gasteiger partial charge in [0.15, 0.2) is 0 Å². The summed E-state index contributed by atoms with van der Waals surface area (Å²) in [4.78, 5) is 36.5. The van der Waals surface area contributed by atoms with Crippen molar-refractivity contribution in [3.8, 4) is 0 Å². The van der Waals surface area contributed by atoms with Crippen LogP contribution in [0.2, 0.25) is 0 Å². The highest BCUT2D eigenvalue weighted by molar-refractivity contribution is 5.89. The Morgan fingerprint density at radius 2 is 1.94 bits per heavy atom. The van der Waals surface area contributed by atoms with Crippen LogP contribution in [0.5, 0.6) is 0 Å². The number of H-pyrrole nitrogens is 2. The van der Waals surface area contributed by atoms with Gasteiger partial charge >= 0.3 is 5.69 Å². The van der Waals surface area contributed by atoms with Crippen LogP contribution in [-0.4, -0.2) is 14.9 Å². The minimum atomic E-state index is -0.801. The van der Waals surface area contributed by atoms with E-state index in [2.05, 4.69) is 4.98 Å². The first-order valence-corrected chi connectivity index (χ1v) is 4.19. The van der Waals surface area contributed by atoms with Crippen molar-refractivity contribution < 1.29 is 4.92 Å². The summed E-state index contributed by atoms with van der Waals surface area (Å²) in [6.07, 6.45) is 0. The van der Waals surface area contributed by atoms with E-state index in [1.807, 2.05) is 4.98 Å². The third-order valence-electron chi connectivity index (χ3n) is 2.05. The topological polar surface area (TPSA) is 135 Å². The maximum Gasteiger partial charge on any atom is 0.326 e. The van der Waals surface area contributed by atoms with Crippen molar-refractivity contribution in [2.24, 2.45) is 0 Å². The number of nitro groups is 1. The molecule has 0 aliphatic heterocycles. The Bertz CT molecular complexity index is 699. The number of fused-ring (bicyclic) bond motifs is 1. The van der Waals surface area contributed by atoms with Gasteiger partial charge in [-0.1, -0.05) is 0 Å². The van der Waals surface area contributed by atoms with Gasteiger partial charge in [0, 0.05) is 11.8 Å². The number of anilines is 1. The molecule has 82 valence electrons. The second-order valence-electron chi connectivity index (χ2n) is 3.13. The van der Waals surface area contributed by atoms with Gasteiger partial charge in [-0.25, -0.2) is 4.79 Å². The number of nitrogens with two attached hydrogens (primary N) is 1. The van der Waals surface area contributed by atoms with Crippen molar-refractivity contribution in [3.05, 3.63) is 43.1 Å². The van der Waals surface area contributed by atoms with Crippen LogP contribution in [0.15, 0.2) is 21.7 Å². The van der Waals surface area contributed by atoms with Crippen LogP contribution >= 0.6 is 0 Å². The Morgan fingerprint density at radius 1 is 1.25 bits per heavy atom. The van der Waals surface area contributed by atoms with E-state index < -0.39 is 21.9 Å². The molecule has 1 aromatic carbocycles. The molecule has 2 aromatic rings. The van der Waals surface area contributed by atoms with Gasteiger partial charge in [0.2, 0.25) is 0 Å². The molecule has 16 heavy (non-hydrogen) atoms. The number of rotatable bonds is 1. The quantitative estimate of drug-likeness (QED) is 0.346. The molecule has 0 unspecified atom stereocenters. The van der Waals surface area contributed by atoms with Crippen molar-refractivity contribution in [3.63, 3.8) is 0 Å². The Labute approximate surface area is 86.9 Å². The predicted molar refractivity (Wildman–Crippen MR) is 56.3 cm³/mol. The molecule has 4 N–H and O–H groups in total. The fourth-order valence-corrected chi connectivity index (χ4v) is 1.42. The molecule has 8 nitrogen and oxygen atoms in total. The fourth-order valence-electron chi connectivity index (χ4n) is 1.42. The molecule has 0 spiro atoms.